The molecule has 1 aromatic heterocycles. The second-order valence-corrected chi connectivity index (χ2v) is 6.02. The zero-order valence-corrected chi connectivity index (χ0v) is 14.1. The Morgan fingerprint density at radius 3 is 2.32 bits per heavy atom. The minimum Gasteiger partial charge on any atom is -0.365 e. The van der Waals surface area contributed by atoms with E-state index < -0.39 is 5.69 Å². The molecule has 0 atom stereocenters. The van der Waals surface area contributed by atoms with Gasteiger partial charge in [0.2, 0.25) is 5.91 Å². The molecule has 2 amide bonds. The van der Waals surface area contributed by atoms with Crippen molar-refractivity contribution in [2.45, 2.75) is 0 Å². The summed E-state index contributed by atoms with van der Waals surface area (Å²) in [5, 5.41) is 0. The molecule has 1 aliphatic rings. The minimum absolute atomic E-state index is 0.0357. The van der Waals surface area contributed by atoms with Gasteiger partial charge in [0.1, 0.15) is 5.69 Å². The fraction of sp³-hybridized carbons (Fsp3) is 0.353. The van der Waals surface area contributed by atoms with Crippen molar-refractivity contribution in [1.82, 2.24) is 19.8 Å². The van der Waals surface area contributed by atoms with Crippen molar-refractivity contribution >= 4 is 17.5 Å². The van der Waals surface area contributed by atoms with Gasteiger partial charge in [-0.15, -0.1) is 0 Å². The van der Waals surface area contributed by atoms with E-state index in [9.17, 15) is 14.4 Å². The number of rotatable bonds is 4. The number of carbonyl (C=O) groups excluding carboxylic acids is 2. The highest BCUT2D eigenvalue weighted by Crippen LogP contribution is 2.12. The van der Waals surface area contributed by atoms with E-state index in [2.05, 4.69) is 9.97 Å². The second-order valence-electron chi connectivity index (χ2n) is 6.02. The SMILES string of the molecule is CN(CC(=O)N1CCN(C(=O)c2c[nH]c(=O)[nH]2)CC1)c1ccccc1. The summed E-state index contributed by atoms with van der Waals surface area (Å²) in [5.41, 5.74) is 0.829. The first kappa shape index (κ1) is 16.8. The number of likely N-dealkylation sites (N-methyl/N-ethyl adjacent to an activating group) is 1. The Hall–Kier alpha value is -3.03. The predicted molar refractivity (Wildman–Crippen MR) is 93.6 cm³/mol. The minimum atomic E-state index is -0.402. The molecule has 2 N–H and O–H groups in total. The first-order valence-corrected chi connectivity index (χ1v) is 8.15. The molecule has 132 valence electrons. The number of nitrogens with zero attached hydrogens (tertiary/aromatic N) is 3. The van der Waals surface area contributed by atoms with Gasteiger partial charge in [0.15, 0.2) is 0 Å². The standard InChI is InChI=1S/C17H21N5O3/c1-20(13-5-3-2-4-6-13)12-15(23)21-7-9-22(10-8-21)16(24)14-11-18-17(25)19-14/h2-6,11H,7-10,12H2,1H3,(H2,18,19,25). The van der Waals surface area contributed by atoms with Crippen molar-refractivity contribution in [2.24, 2.45) is 0 Å². The molecular formula is C17H21N5O3. The third kappa shape index (κ3) is 3.90. The highest BCUT2D eigenvalue weighted by Gasteiger charge is 2.26. The number of H-pyrrole nitrogens is 2. The molecule has 0 aliphatic carbocycles. The van der Waals surface area contributed by atoms with Gasteiger partial charge in [-0.1, -0.05) is 18.2 Å². The van der Waals surface area contributed by atoms with Crippen LogP contribution < -0.4 is 10.6 Å². The van der Waals surface area contributed by atoms with Crippen LogP contribution in [-0.2, 0) is 4.79 Å². The molecule has 0 radical (unpaired) electrons. The third-order valence-electron chi connectivity index (χ3n) is 4.32. The van der Waals surface area contributed by atoms with Crippen LogP contribution in [0, 0.1) is 0 Å². The Balaban J connectivity index is 1.52. The number of para-hydroxylation sites is 1. The normalized spacial score (nSPS) is 14.4. The van der Waals surface area contributed by atoms with Crippen molar-refractivity contribution in [3.63, 3.8) is 0 Å². The van der Waals surface area contributed by atoms with Gasteiger partial charge in [0, 0.05) is 45.1 Å². The van der Waals surface area contributed by atoms with Crippen LogP contribution in [0.1, 0.15) is 10.5 Å². The topological polar surface area (TPSA) is 92.5 Å². The molecule has 1 aromatic carbocycles. The van der Waals surface area contributed by atoms with Gasteiger partial charge < -0.3 is 24.7 Å². The van der Waals surface area contributed by atoms with Crippen LogP contribution in [0.3, 0.4) is 0 Å². The maximum Gasteiger partial charge on any atom is 0.323 e. The summed E-state index contributed by atoms with van der Waals surface area (Å²) in [4.78, 5) is 46.0. The van der Waals surface area contributed by atoms with Gasteiger partial charge in [-0.25, -0.2) is 4.79 Å². The Kier molecular flexibility index (Phi) is 4.87. The van der Waals surface area contributed by atoms with Crippen LogP contribution in [0.5, 0.6) is 0 Å². The molecule has 0 unspecified atom stereocenters. The fourth-order valence-corrected chi connectivity index (χ4v) is 2.85. The molecule has 3 rings (SSSR count). The van der Waals surface area contributed by atoms with Crippen LogP contribution >= 0.6 is 0 Å². The molecular weight excluding hydrogens is 322 g/mol. The van der Waals surface area contributed by atoms with Crippen LogP contribution in [0.2, 0.25) is 0 Å². The maximum atomic E-state index is 12.5. The van der Waals surface area contributed by atoms with Crippen molar-refractivity contribution in [3.8, 4) is 0 Å². The van der Waals surface area contributed by atoms with Crippen molar-refractivity contribution in [2.75, 3.05) is 44.7 Å². The lowest BCUT2D eigenvalue weighted by atomic mass is 10.2. The van der Waals surface area contributed by atoms with Crippen molar-refractivity contribution < 1.29 is 9.59 Å². The highest BCUT2D eigenvalue weighted by atomic mass is 16.2. The quantitative estimate of drug-likeness (QED) is 0.825. The lowest BCUT2D eigenvalue weighted by Gasteiger charge is -2.35. The molecule has 25 heavy (non-hydrogen) atoms. The molecule has 8 nitrogen and oxygen atoms in total. The summed E-state index contributed by atoms with van der Waals surface area (Å²) in [6.45, 7) is 2.17. The van der Waals surface area contributed by atoms with Crippen LogP contribution in [0.15, 0.2) is 41.3 Å². The first-order chi connectivity index (χ1) is 12.0. The molecule has 8 heteroatoms. The number of aromatic amines is 2. The number of aromatic nitrogens is 2. The van der Waals surface area contributed by atoms with Crippen LogP contribution in [0.25, 0.3) is 0 Å². The van der Waals surface area contributed by atoms with E-state index in [1.165, 1.54) is 6.20 Å². The van der Waals surface area contributed by atoms with Gasteiger partial charge in [0.05, 0.1) is 6.54 Å². The number of nitrogens with one attached hydrogen (secondary N) is 2. The molecule has 2 heterocycles. The van der Waals surface area contributed by atoms with Gasteiger partial charge in [-0.2, -0.15) is 0 Å². The van der Waals surface area contributed by atoms with Gasteiger partial charge in [-0.3, -0.25) is 9.59 Å². The maximum absolute atomic E-state index is 12.5. The fourth-order valence-electron chi connectivity index (χ4n) is 2.85. The number of carbonyl (C=O) groups is 2. The molecule has 1 saturated heterocycles. The van der Waals surface area contributed by atoms with E-state index in [4.69, 9.17) is 0 Å². The van der Waals surface area contributed by atoms with E-state index in [0.717, 1.165) is 5.69 Å². The largest absolute Gasteiger partial charge is 0.365 e. The van der Waals surface area contributed by atoms with E-state index in [0.29, 0.717) is 32.7 Å². The number of benzene rings is 1. The summed E-state index contributed by atoms with van der Waals surface area (Å²) in [6.07, 6.45) is 1.37. The number of imidazole rings is 1. The molecule has 0 spiro atoms. The Labute approximate surface area is 145 Å². The zero-order chi connectivity index (χ0) is 17.8. The Morgan fingerprint density at radius 2 is 1.72 bits per heavy atom. The van der Waals surface area contributed by atoms with Crippen LogP contribution in [0.4, 0.5) is 5.69 Å². The first-order valence-electron chi connectivity index (χ1n) is 8.15. The van der Waals surface area contributed by atoms with Crippen molar-refractivity contribution in [3.05, 3.63) is 52.7 Å². The molecule has 0 saturated carbocycles. The smallest absolute Gasteiger partial charge is 0.323 e. The van der Waals surface area contributed by atoms with Crippen LogP contribution in [-0.4, -0.2) is 71.4 Å². The number of hydrogen-bond donors (Lipinski definition) is 2. The summed E-state index contributed by atoms with van der Waals surface area (Å²) >= 11 is 0. The average molecular weight is 343 g/mol. The summed E-state index contributed by atoms with van der Waals surface area (Å²) in [7, 11) is 1.88. The Bertz CT molecular complexity index is 790. The number of hydrogen-bond acceptors (Lipinski definition) is 4. The van der Waals surface area contributed by atoms with E-state index in [1.807, 2.05) is 42.3 Å². The summed E-state index contributed by atoms with van der Waals surface area (Å²) < 4.78 is 0. The lowest BCUT2D eigenvalue weighted by molar-refractivity contribution is -0.131. The van der Waals surface area contributed by atoms with E-state index in [1.54, 1.807) is 9.80 Å². The van der Waals surface area contributed by atoms with E-state index in [-0.39, 0.29) is 17.5 Å². The molecule has 0 bridgehead atoms. The number of anilines is 1. The predicted octanol–water partition coefficient (Wildman–Crippen LogP) is 0.124. The Morgan fingerprint density at radius 1 is 1.08 bits per heavy atom. The zero-order valence-electron chi connectivity index (χ0n) is 14.1. The average Bonchev–Trinajstić information content (AvgIpc) is 3.08. The molecule has 2 aromatic rings. The van der Waals surface area contributed by atoms with Gasteiger partial charge in [0.25, 0.3) is 5.91 Å². The highest BCUT2D eigenvalue weighted by molar-refractivity contribution is 5.92. The van der Waals surface area contributed by atoms with Gasteiger partial charge >= 0.3 is 5.69 Å². The molecule has 1 aliphatic heterocycles. The third-order valence-corrected chi connectivity index (χ3v) is 4.32. The van der Waals surface area contributed by atoms with Gasteiger partial charge in [-0.05, 0) is 12.1 Å². The number of amides is 2. The monoisotopic (exact) mass is 343 g/mol. The second kappa shape index (κ2) is 7.25. The lowest BCUT2D eigenvalue weighted by Crippen LogP contribution is -2.52. The molecule has 1 fully saturated rings. The number of piperazine rings is 1. The van der Waals surface area contributed by atoms with E-state index >= 15 is 0 Å². The summed E-state index contributed by atoms with van der Waals surface area (Å²) in [6, 6.07) is 9.73. The van der Waals surface area contributed by atoms with Crippen molar-refractivity contribution in [1.29, 1.82) is 0 Å². The summed E-state index contributed by atoms with van der Waals surface area (Å²) in [5.74, 6) is -0.194.